The number of carbonyl (C=O) groups excluding carboxylic acids is 1. The Morgan fingerprint density at radius 3 is 2.35 bits per heavy atom. The number of aliphatic imine (C=N–C) groups is 1. The summed E-state index contributed by atoms with van der Waals surface area (Å²) in [7, 11) is 0. The van der Waals surface area contributed by atoms with Gasteiger partial charge in [-0.1, -0.05) is 60.2 Å². The van der Waals surface area contributed by atoms with Crippen molar-refractivity contribution < 1.29 is 9.53 Å². The van der Waals surface area contributed by atoms with Gasteiger partial charge in [0.1, 0.15) is 12.4 Å². The van der Waals surface area contributed by atoms with E-state index in [1.807, 2.05) is 98.8 Å². The fourth-order valence-corrected chi connectivity index (χ4v) is 4.21. The first-order valence-corrected chi connectivity index (χ1v) is 11.1. The first-order valence-electron chi connectivity index (χ1n) is 10.3. The van der Waals surface area contributed by atoms with E-state index in [1.54, 1.807) is 4.90 Å². The smallest absolute Gasteiger partial charge is 0.266 e. The van der Waals surface area contributed by atoms with Crippen LogP contribution in [0.25, 0.3) is 6.08 Å². The van der Waals surface area contributed by atoms with Crippen molar-refractivity contribution in [2.75, 3.05) is 6.54 Å². The zero-order chi connectivity index (χ0) is 21.6. The van der Waals surface area contributed by atoms with Crippen LogP contribution < -0.4 is 4.74 Å². The van der Waals surface area contributed by atoms with Crippen molar-refractivity contribution in [3.63, 3.8) is 0 Å². The summed E-state index contributed by atoms with van der Waals surface area (Å²) >= 11 is 1.41. The van der Waals surface area contributed by atoms with Gasteiger partial charge in [0.15, 0.2) is 5.17 Å². The lowest BCUT2D eigenvalue weighted by Crippen LogP contribution is -2.28. The zero-order valence-corrected chi connectivity index (χ0v) is 18.4. The van der Waals surface area contributed by atoms with Gasteiger partial charge in [0.25, 0.3) is 5.91 Å². The average Bonchev–Trinajstić information content (AvgIpc) is 3.09. The molecular formula is C26H24N2O2S. The van der Waals surface area contributed by atoms with E-state index in [0.29, 0.717) is 23.2 Å². The third-order valence-corrected chi connectivity index (χ3v) is 5.90. The van der Waals surface area contributed by atoms with Crippen LogP contribution in [0.2, 0.25) is 0 Å². The third-order valence-electron chi connectivity index (χ3n) is 4.89. The largest absolute Gasteiger partial charge is 0.489 e. The molecule has 1 heterocycles. The number of benzene rings is 3. The lowest BCUT2D eigenvalue weighted by molar-refractivity contribution is -0.122. The molecule has 1 amide bonds. The van der Waals surface area contributed by atoms with Gasteiger partial charge >= 0.3 is 0 Å². The summed E-state index contributed by atoms with van der Waals surface area (Å²) in [4.78, 5) is 19.9. The molecule has 1 fully saturated rings. The maximum atomic E-state index is 12.9. The van der Waals surface area contributed by atoms with Crippen LogP contribution in [-0.2, 0) is 11.4 Å². The van der Waals surface area contributed by atoms with Crippen molar-refractivity contribution in [3.05, 3.63) is 100 Å². The number of amidine groups is 1. The fourth-order valence-electron chi connectivity index (χ4n) is 3.15. The maximum absolute atomic E-state index is 12.9. The van der Waals surface area contributed by atoms with Crippen molar-refractivity contribution >= 4 is 34.6 Å². The molecule has 0 unspecified atom stereocenters. The SMILES string of the molecule is CCN1C(=O)/C(=C\c2ccc(OCc3ccccc3)cc2)SC1=Nc1ccc(C)cc1. The van der Waals surface area contributed by atoms with Gasteiger partial charge in [-0.25, -0.2) is 4.99 Å². The predicted molar refractivity (Wildman–Crippen MR) is 128 cm³/mol. The minimum atomic E-state index is -0.0113. The van der Waals surface area contributed by atoms with Gasteiger partial charge in [-0.05, 0) is 67.1 Å². The van der Waals surface area contributed by atoms with Crippen molar-refractivity contribution in [2.24, 2.45) is 4.99 Å². The second kappa shape index (κ2) is 9.67. The van der Waals surface area contributed by atoms with Crippen molar-refractivity contribution in [1.29, 1.82) is 0 Å². The van der Waals surface area contributed by atoms with Gasteiger partial charge in [0, 0.05) is 6.54 Å². The van der Waals surface area contributed by atoms with Gasteiger partial charge in [-0.2, -0.15) is 0 Å². The normalized spacial score (nSPS) is 16.3. The molecule has 4 rings (SSSR count). The van der Waals surface area contributed by atoms with E-state index < -0.39 is 0 Å². The zero-order valence-electron chi connectivity index (χ0n) is 17.6. The quantitative estimate of drug-likeness (QED) is 0.439. The summed E-state index contributed by atoms with van der Waals surface area (Å²) < 4.78 is 5.84. The van der Waals surface area contributed by atoms with Crippen LogP contribution in [0.3, 0.4) is 0 Å². The van der Waals surface area contributed by atoms with Crippen LogP contribution >= 0.6 is 11.8 Å². The topological polar surface area (TPSA) is 41.9 Å². The van der Waals surface area contributed by atoms with Gasteiger partial charge in [-0.15, -0.1) is 0 Å². The molecule has 0 aromatic heterocycles. The number of nitrogens with zero attached hydrogens (tertiary/aromatic N) is 2. The summed E-state index contributed by atoms with van der Waals surface area (Å²) in [5, 5.41) is 0.713. The Morgan fingerprint density at radius 2 is 1.68 bits per heavy atom. The van der Waals surface area contributed by atoms with Gasteiger partial charge in [-0.3, -0.25) is 9.69 Å². The Morgan fingerprint density at radius 1 is 0.968 bits per heavy atom. The minimum absolute atomic E-state index is 0.0113. The lowest BCUT2D eigenvalue weighted by atomic mass is 10.2. The van der Waals surface area contributed by atoms with Crippen molar-refractivity contribution in [3.8, 4) is 5.75 Å². The maximum Gasteiger partial charge on any atom is 0.266 e. The first kappa shape index (κ1) is 20.9. The number of aryl methyl sites for hydroxylation is 1. The number of likely N-dealkylation sites (N-methyl/N-ethyl adjacent to an activating group) is 1. The van der Waals surface area contributed by atoms with Crippen LogP contribution in [-0.4, -0.2) is 22.5 Å². The number of ether oxygens (including phenoxy) is 1. The first-order chi connectivity index (χ1) is 15.1. The van der Waals surface area contributed by atoms with Crippen molar-refractivity contribution in [2.45, 2.75) is 20.5 Å². The Balaban J connectivity index is 1.47. The third kappa shape index (κ3) is 5.25. The summed E-state index contributed by atoms with van der Waals surface area (Å²) in [5.41, 5.74) is 4.11. The highest BCUT2D eigenvalue weighted by molar-refractivity contribution is 8.18. The molecule has 1 aliphatic heterocycles. The standard InChI is InChI=1S/C26H24N2O2S/c1-3-28-25(29)24(31-26(28)27-22-13-9-19(2)10-14-22)17-20-11-15-23(16-12-20)30-18-21-7-5-4-6-8-21/h4-17H,3,18H2,1-2H3/b24-17+,27-26?. The second-order valence-corrected chi connectivity index (χ2v) is 8.24. The number of thioether (sulfide) groups is 1. The average molecular weight is 429 g/mol. The molecular weight excluding hydrogens is 404 g/mol. The van der Waals surface area contributed by atoms with E-state index >= 15 is 0 Å². The second-order valence-electron chi connectivity index (χ2n) is 7.23. The number of rotatable bonds is 6. The van der Waals surface area contributed by atoms with Gasteiger partial charge in [0.05, 0.1) is 10.6 Å². The minimum Gasteiger partial charge on any atom is -0.489 e. The Hall–Kier alpha value is -3.31. The molecule has 0 bridgehead atoms. The molecule has 156 valence electrons. The summed E-state index contributed by atoms with van der Waals surface area (Å²) in [6.45, 7) is 5.12. The van der Waals surface area contributed by atoms with Crippen LogP contribution in [0.4, 0.5) is 5.69 Å². The molecule has 5 heteroatoms. The van der Waals surface area contributed by atoms with Crippen LogP contribution in [0, 0.1) is 6.92 Å². The van der Waals surface area contributed by atoms with E-state index in [9.17, 15) is 4.79 Å². The Labute approximate surface area is 187 Å². The number of hydrogen-bond donors (Lipinski definition) is 0. The van der Waals surface area contributed by atoms with Gasteiger partial charge in [0.2, 0.25) is 0 Å². The van der Waals surface area contributed by atoms with Crippen LogP contribution in [0.15, 0.2) is 88.8 Å². The molecule has 1 aliphatic rings. The molecule has 3 aromatic carbocycles. The van der Waals surface area contributed by atoms with E-state index in [-0.39, 0.29) is 5.91 Å². The van der Waals surface area contributed by atoms with E-state index in [2.05, 4.69) is 4.99 Å². The molecule has 3 aromatic rings. The highest BCUT2D eigenvalue weighted by Crippen LogP contribution is 2.34. The highest BCUT2D eigenvalue weighted by Gasteiger charge is 2.32. The molecule has 0 N–H and O–H groups in total. The summed E-state index contributed by atoms with van der Waals surface area (Å²) in [6.07, 6.45) is 1.91. The van der Waals surface area contributed by atoms with E-state index in [0.717, 1.165) is 22.6 Å². The highest BCUT2D eigenvalue weighted by atomic mass is 32.2. The lowest BCUT2D eigenvalue weighted by Gasteiger charge is -2.12. The van der Waals surface area contributed by atoms with E-state index in [4.69, 9.17) is 4.74 Å². The predicted octanol–water partition coefficient (Wildman–Crippen LogP) is 6.20. The van der Waals surface area contributed by atoms with Crippen molar-refractivity contribution in [1.82, 2.24) is 4.90 Å². The number of hydrogen-bond acceptors (Lipinski definition) is 4. The van der Waals surface area contributed by atoms with E-state index in [1.165, 1.54) is 17.3 Å². The van der Waals surface area contributed by atoms with Gasteiger partial charge < -0.3 is 4.74 Å². The molecule has 0 atom stereocenters. The molecule has 0 radical (unpaired) electrons. The molecule has 4 nitrogen and oxygen atoms in total. The molecule has 0 spiro atoms. The molecule has 31 heavy (non-hydrogen) atoms. The monoisotopic (exact) mass is 428 g/mol. The fraction of sp³-hybridized carbons (Fsp3) is 0.154. The molecule has 0 aliphatic carbocycles. The van der Waals surface area contributed by atoms with Crippen LogP contribution in [0.1, 0.15) is 23.6 Å². The Kier molecular flexibility index (Phi) is 6.53. The molecule has 1 saturated heterocycles. The molecule has 0 saturated carbocycles. The summed E-state index contributed by atoms with van der Waals surface area (Å²) in [6, 6.07) is 25.8. The number of carbonyl (C=O) groups is 1. The number of amides is 1. The van der Waals surface area contributed by atoms with Crippen LogP contribution in [0.5, 0.6) is 5.75 Å². The Bertz CT molecular complexity index is 1100. The summed E-state index contributed by atoms with van der Waals surface area (Å²) in [5.74, 6) is 0.788.